The molecular formula is C24H23N5O4. The summed E-state index contributed by atoms with van der Waals surface area (Å²) in [5.41, 5.74) is 7.40. The highest BCUT2D eigenvalue weighted by molar-refractivity contribution is 5.83. The van der Waals surface area contributed by atoms with Crippen molar-refractivity contribution in [3.05, 3.63) is 71.8 Å². The number of rotatable bonds is 5. The first-order chi connectivity index (χ1) is 16.2. The molecule has 1 fully saturated rings. The van der Waals surface area contributed by atoms with Crippen LogP contribution in [0.4, 0.5) is 5.82 Å². The van der Waals surface area contributed by atoms with Crippen molar-refractivity contribution in [3.63, 3.8) is 0 Å². The van der Waals surface area contributed by atoms with E-state index < -0.39 is 31.1 Å². The third kappa shape index (κ3) is 3.20. The maximum absolute atomic E-state index is 10.4. The van der Waals surface area contributed by atoms with Gasteiger partial charge in [-0.2, -0.15) is 0 Å². The van der Waals surface area contributed by atoms with Gasteiger partial charge in [0.15, 0.2) is 23.2 Å². The Balaban J connectivity index is 1.28. The quantitative estimate of drug-likeness (QED) is 0.322. The van der Waals surface area contributed by atoms with Crippen molar-refractivity contribution in [3.8, 4) is 11.1 Å². The lowest BCUT2D eigenvalue weighted by Gasteiger charge is -2.16. The molecule has 0 radical (unpaired) electrons. The molecule has 33 heavy (non-hydrogen) atoms. The van der Waals surface area contributed by atoms with E-state index in [0.717, 1.165) is 6.42 Å². The highest BCUT2D eigenvalue weighted by atomic mass is 16.6. The molecule has 168 valence electrons. The molecule has 0 saturated carbocycles. The second-order valence-electron chi connectivity index (χ2n) is 8.41. The van der Waals surface area contributed by atoms with E-state index in [2.05, 4.69) is 62.7 Å². The van der Waals surface area contributed by atoms with E-state index in [1.54, 1.807) is 4.57 Å². The molecular weight excluding hydrogens is 422 g/mol. The van der Waals surface area contributed by atoms with Gasteiger partial charge in [-0.05, 0) is 34.2 Å². The fraction of sp³-hybridized carbons (Fsp3) is 0.292. The zero-order valence-electron chi connectivity index (χ0n) is 17.7. The van der Waals surface area contributed by atoms with Gasteiger partial charge in [0.1, 0.15) is 24.6 Å². The zero-order valence-corrected chi connectivity index (χ0v) is 17.7. The van der Waals surface area contributed by atoms with Crippen LogP contribution in [0, 0.1) is 0 Å². The molecule has 9 nitrogen and oxygen atoms in total. The first-order valence-electron chi connectivity index (χ1n) is 10.9. The summed E-state index contributed by atoms with van der Waals surface area (Å²) in [6.07, 6.45) is -0.341. The van der Waals surface area contributed by atoms with Crippen molar-refractivity contribution in [2.24, 2.45) is 0 Å². The molecule has 1 aliphatic carbocycles. The Labute approximate surface area is 189 Å². The SMILES string of the molecule is OC[C@H]1O[C@@H](n2cnc3c(NCc4cccc5c4Cc4ccccc4-5)ncnc32)[C@H](O)[C@@H]1O. The molecule has 4 aromatic rings. The monoisotopic (exact) mass is 445 g/mol. The largest absolute Gasteiger partial charge is 0.394 e. The lowest BCUT2D eigenvalue weighted by Crippen LogP contribution is -2.33. The van der Waals surface area contributed by atoms with Gasteiger partial charge in [-0.15, -0.1) is 0 Å². The van der Waals surface area contributed by atoms with Gasteiger partial charge in [0, 0.05) is 6.54 Å². The number of nitrogens with one attached hydrogen (secondary N) is 1. The second-order valence-corrected chi connectivity index (χ2v) is 8.41. The fourth-order valence-corrected chi connectivity index (χ4v) is 4.85. The smallest absolute Gasteiger partial charge is 0.167 e. The van der Waals surface area contributed by atoms with Crippen molar-refractivity contribution in [2.45, 2.75) is 37.5 Å². The van der Waals surface area contributed by atoms with Crippen LogP contribution in [0.2, 0.25) is 0 Å². The van der Waals surface area contributed by atoms with Crippen LogP contribution >= 0.6 is 0 Å². The van der Waals surface area contributed by atoms with E-state index >= 15 is 0 Å². The first kappa shape index (κ1) is 20.3. The van der Waals surface area contributed by atoms with Crippen LogP contribution in [0.5, 0.6) is 0 Å². The predicted molar refractivity (Wildman–Crippen MR) is 120 cm³/mol. The van der Waals surface area contributed by atoms with Crippen LogP contribution in [-0.2, 0) is 17.7 Å². The van der Waals surface area contributed by atoms with E-state index in [-0.39, 0.29) is 0 Å². The van der Waals surface area contributed by atoms with Crippen LogP contribution in [0.15, 0.2) is 55.1 Å². The van der Waals surface area contributed by atoms with Gasteiger partial charge in [-0.3, -0.25) is 4.57 Å². The summed E-state index contributed by atoms with van der Waals surface area (Å²) in [6, 6.07) is 14.8. The van der Waals surface area contributed by atoms with Crippen molar-refractivity contribution in [1.29, 1.82) is 0 Å². The molecule has 2 aromatic heterocycles. The van der Waals surface area contributed by atoms with E-state index in [1.807, 2.05) is 0 Å². The van der Waals surface area contributed by atoms with E-state index in [0.29, 0.717) is 23.5 Å². The number of nitrogens with zero attached hydrogens (tertiary/aromatic N) is 4. The topological polar surface area (TPSA) is 126 Å². The number of hydrogen-bond donors (Lipinski definition) is 4. The number of aliphatic hydroxyl groups is 3. The van der Waals surface area contributed by atoms with E-state index in [9.17, 15) is 15.3 Å². The summed E-state index contributed by atoms with van der Waals surface area (Å²) in [5, 5.41) is 33.2. The number of imidazole rings is 1. The summed E-state index contributed by atoms with van der Waals surface area (Å²) in [4.78, 5) is 13.1. The highest BCUT2D eigenvalue weighted by Gasteiger charge is 2.44. The standard InChI is InChI=1S/C24H23N5O4/c30-10-18-20(31)21(32)24(33-18)29-12-28-19-22(26-11-27-23(19)29)25-9-14-5-3-7-16-15-6-2-1-4-13(15)8-17(14)16/h1-7,11-12,18,20-21,24,30-32H,8-10H2,(H,25,26,27)/t18-,20-,21-,24-/m1/s1. The number of ether oxygens (including phenoxy) is 1. The number of benzene rings is 2. The lowest BCUT2D eigenvalue weighted by molar-refractivity contribution is -0.0511. The molecule has 0 spiro atoms. The summed E-state index contributed by atoms with van der Waals surface area (Å²) in [5.74, 6) is 0.568. The lowest BCUT2D eigenvalue weighted by atomic mass is 10.0. The van der Waals surface area contributed by atoms with Crippen molar-refractivity contribution >= 4 is 17.0 Å². The number of anilines is 1. The highest BCUT2D eigenvalue weighted by Crippen LogP contribution is 2.38. The van der Waals surface area contributed by atoms with Gasteiger partial charge in [0.05, 0.1) is 12.9 Å². The molecule has 1 saturated heterocycles. The van der Waals surface area contributed by atoms with Crippen LogP contribution in [0.25, 0.3) is 22.3 Å². The van der Waals surface area contributed by atoms with Crippen LogP contribution in [0.3, 0.4) is 0 Å². The Morgan fingerprint density at radius 1 is 1.00 bits per heavy atom. The van der Waals surface area contributed by atoms with Crippen molar-refractivity contribution < 1.29 is 20.1 Å². The number of fused-ring (bicyclic) bond motifs is 4. The Morgan fingerprint density at radius 3 is 2.70 bits per heavy atom. The van der Waals surface area contributed by atoms with Crippen LogP contribution in [-0.4, -0.2) is 59.8 Å². The minimum atomic E-state index is -1.21. The van der Waals surface area contributed by atoms with Gasteiger partial charge in [0.2, 0.25) is 0 Å². The average molecular weight is 445 g/mol. The second kappa shape index (κ2) is 7.89. The van der Waals surface area contributed by atoms with Gasteiger partial charge >= 0.3 is 0 Å². The number of hydrogen-bond acceptors (Lipinski definition) is 8. The first-order valence-corrected chi connectivity index (χ1v) is 10.9. The maximum Gasteiger partial charge on any atom is 0.167 e. The predicted octanol–water partition coefficient (Wildman–Crippen LogP) is 1.62. The summed E-state index contributed by atoms with van der Waals surface area (Å²) in [6.45, 7) is 0.179. The average Bonchev–Trinajstić information content (AvgIpc) is 3.52. The van der Waals surface area contributed by atoms with Gasteiger partial charge in [-0.1, -0.05) is 42.5 Å². The fourth-order valence-electron chi connectivity index (χ4n) is 4.85. The molecule has 2 aromatic carbocycles. The van der Waals surface area contributed by atoms with Gasteiger partial charge < -0.3 is 25.4 Å². The third-order valence-electron chi connectivity index (χ3n) is 6.54. The van der Waals surface area contributed by atoms with Gasteiger partial charge in [0.25, 0.3) is 0 Å². The summed E-state index contributed by atoms with van der Waals surface area (Å²) >= 11 is 0. The molecule has 0 amide bonds. The van der Waals surface area contributed by atoms with Gasteiger partial charge in [-0.25, -0.2) is 15.0 Å². The Hall–Kier alpha value is -3.37. The van der Waals surface area contributed by atoms with Crippen LogP contribution in [0.1, 0.15) is 22.9 Å². The molecule has 1 aliphatic heterocycles. The minimum Gasteiger partial charge on any atom is -0.394 e. The molecule has 9 heteroatoms. The van der Waals surface area contributed by atoms with E-state index in [4.69, 9.17) is 4.74 Å². The normalized spacial score (nSPS) is 23.6. The van der Waals surface area contributed by atoms with Crippen molar-refractivity contribution in [1.82, 2.24) is 19.5 Å². The molecule has 2 aliphatic rings. The number of aliphatic hydroxyl groups excluding tert-OH is 3. The van der Waals surface area contributed by atoms with E-state index in [1.165, 1.54) is 40.5 Å². The molecule has 4 N–H and O–H groups in total. The molecule has 0 bridgehead atoms. The summed E-state index contributed by atoms with van der Waals surface area (Å²) in [7, 11) is 0. The molecule has 6 rings (SSSR count). The molecule has 0 unspecified atom stereocenters. The summed E-state index contributed by atoms with van der Waals surface area (Å²) < 4.78 is 7.19. The third-order valence-corrected chi connectivity index (χ3v) is 6.54. The van der Waals surface area contributed by atoms with Crippen LogP contribution < -0.4 is 5.32 Å². The van der Waals surface area contributed by atoms with Crippen molar-refractivity contribution in [2.75, 3.05) is 11.9 Å². The maximum atomic E-state index is 10.4. The Bertz CT molecular complexity index is 1340. The Kier molecular flexibility index (Phi) is 4.84. The number of aromatic nitrogens is 4. The Morgan fingerprint density at radius 2 is 1.85 bits per heavy atom. The molecule has 3 heterocycles. The zero-order chi connectivity index (χ0) is 22.5. The minimum absolute atomic E-state index is 0.394. The molecule has 4 atom stereocenters.